The molecule has 3 rings (SSSR count). The molecule has 1 aromatic rings. The molecular weight excluding hydrogens is 289 g/mol. The molecule has 0 aromatic heterocycles. The monoisotopic (exact) mass is 309 g/mol. The van der Waals surface area contributed by atoms with Crippen LogP contribution in [0.3, 0.4) is 0 Å². The van der Waals surface area contributed by atoms with Crippen LogP contribution in [-0.2, 0) is 4.79 Å². The van der Waals surface area contributed by atoms with Crippen LogP contribution in [0, 0.1) is 11.7 Å². The van der Waals surface area contributed by atoms with E-state index in [9.17, 15) is 9.18 Å². The standard InChI is InChI=1S/C15H20FN3OS/c16-13-5-2-1-4-11(13)14-12(10-17-18-14)15(20)19-6-3-8-21-9-7-19/h1-2,4-5,12,14,17-18H,3,6-10H2. The zero-order valence-electron chi connectivity index (χ0n) is 11.8. The first-order valence-electron chi connectivity index (χ1n) is 7.37. The van der Waals surface area contributed by atoms with Gasteiger partial charge in [0.05, 0.1) is 12.0 Å². The quantitative estimate of drug-likeness (QED) is 0.870. The number of benzene rings is 1. The van der Waals surface area contributed by atoms with Gasteiger partial charge in [-0.2, -0.15) is 11.8 Å². The van der Waals surface area contributed by atoms with E-state index in [4.69, 9.17) is 0 Å². The molecule has 2 saturated heterocycles. The van der Waals surface area contributed by atoms with E-state index in [0.717, 1.165) is 31.0 Å². The van der Waals surface area contributed by atoms with Crippen LogP contribution in [-0.4, -0.2) is 41.9 Å². The molecule has 2 heterocycles. The highest BCUT2D eigenvalue weighted by atomic mass is 32.2. The summed E-state index contributed by atoms with van der Waals surface area (Å²) in [5.41, 5.74) is 6.63. The van der Waals surface area contributed by atoms with Gasteiger partial charge in [-0.1, -0.05) is 18.2 Å². The zero-order chi connectivity index (χ0) is 14.7. The van der Waals surface area contributed by atoms with Crippen molar-refractivity contribution in [1.82, 2.24) is 15.8 Å². The van der Waals surface area contributed by atoms with Crippen molar-refractivity contribution in [3.8, 4) is 0 Å². The van der Waals surface area contributed by atoms with Crippen molar-refractivity contribution in [1.29, 1.82) is 0 Å². The van der Waals surface area contributed by atoms with Crippen LogP contribution >= 0.6 is 11.8 Å². The Balaban J connectivity index is 1.77. The van der Waals surface area contributed by atoms with Crippen molar-refractivity contribution in [3.05, 3.63) is 35.6 Å². The number of hydrazine groups is 1. The molecule has 114 valence electrons. The van der Waals surface area contributed by atoms with E-state index in [1.165, 1.54) is 6.07 Å². The van der Waals surface area contributed by atoms with E-state index in [2.05, 4.69) is 10.9 Å². The molecule has 2 atom stereocenters. The lowest BCUT2D eigenvalue weighted by atomic mass is 9.93. The maximum absolute atomic E-state index is 14.0. The molecule has 21 heavy (non-hydrogen) atoms. The number of rotatable bonds is 2. The van der Waals surface area contributed by atoms with E-state index in [1.807, 2.05) is 22.7 Å². The molecule has 1 aromatic carbocycles. The normalized spacial score (nSPS) is 26.6. The van der Waals surface area contributed by atoms with Gasteiger partial charge >= 0.3 is 0 Å². The van der Waals surface area contributed by atoms with E-state index in [-0.39, 0.29) is 23.7 Å². The predicted molar refractivity (Wildman–Crippen MR) is 82.3 cm³/mol. The van der Waals surface area contributed by atoms with Crippen molar-refractivity contribution >= 4 is 17.7 Å². The van der Waals surface area contributed by atoms with Crippen LogP contribution in [0.4, 0.5) is 4.39 Å². The fraction of sp³-hybridized carbons (Fsp3) is 0.533. The third-order valence-electron chi connectivity index (χ3n) is 4.07. The average Bonchev–Trinajstić information content (AvgIpc) is 2.81. The van der Waals surface area contributed by atoms with Crippen molar-refractivity contribution in [2.75, 3.05) is 31.1 Å². The summed E-state index contributed by atoms with van der Waals surface area (Å²) in [4.78, 5) is 14.7. The van der Waals surface area contributed by atoms with Gasteiger partial charge in [-0.3, -0.25) is 10.2 Å². The summed E-state index contributed by atoms with van der Waals surface area (Å²) in [7, 11) is 0. The summed E-state index contributed by atoms with van der Waals surface area (Å²) in [6.45, 7) is 2.15. The van der Waals surface area contributed by atoms with Crippen LogP contribution in [0.15, 0.2) is 24.3 Å². The molecule has 2 aliphatic heterocycles. The number of carbonyl (C=O) groups is 1. The number of carbonyl (C=O) groups excluding carboxylic acids is 1. The number of halogens is 1. The lowest BCUT2D eigenvalue weighted by molar-refractivity contribution is -0.135. The third kappa shape index (κ3) is 3.22. The van der Waals surface area contributed by atoms with Gasteiger partial charge in [-0.15, -0.1) is 0 Å². The highest BCUT2D eigenvalue weighted by Crippen LogP contribution is 2.28. The molecule has 2 N–H and O–H groups in total. The molecule has 0 spiro atoms. The molecule has 4 nitrogen and oxygen atoms in total. The fourth-order valence-electron chi connectivity index (χ4n) is 2.95. The van der Waals surface area contributed by atoms with Gasteiger partial charge in [-0.05, 0) is 18.2 Å². The summed E-state index contributed by atoms with van der Waals surface area (Å²) in [6.07, 6.45) is 1.04. The van der Waals surface area contributed by atoms with Gasteiger partial charge in [0.1, 0.15) is 5.82 Å². The summed E-state index contributed by atoms with van der Waals surface area (Å²) < 4.78 is 14.0. The minimum absolute atomic E-state index is 0.128. The van der Waals surface area contributed by atoms with Crippen molar-refractivity contribution in [2.45, 2.75) is 12.5 Å². The Morgan fingerprint density at radius 2 is 2.14 bits per heavy atom. The number of hydrogen-bond acceptors (Lipinski definition) is 4. The molecule has 1 amide bonds. The first-order valence-corrected chi connectivity index (χ1v) is 8.52. The number of nitrogens with zero attached hydrogens (tertiary/aromatic N) is 1. The SMILES string of the molecule is O=C(C1CNNC1c1ccccc1F)N1CCCSCC1. The molecular formula is C15H20FN3OS. The van der Waals surface area contributed by atoms with E-state index in [1.54, 1.807) is 12.1 Å². The third-order valence-corrected chi connectivity index (χ3v) is 5.12. The fourth-order valence-corrected chi connectivity index (χ4v) is 3.84. The predicted octanol–water partition coefficient (Wildman–Crippen LogP) is 1.56. The van der Waals surface area contributed by atoms with E-state index in [0.29, 0.717) is 12.1 Å². The van der Waals surface area contributed by atoms with E-state index >= 15 is 0 Å². The topological polar surface area (TPSA) is 44.4 Å². The Morgan fingerprint density at radius 1 is 1.29 bits per heavy atom. The van der Waals surface area contributed by atoms with Crippen molar-refractivity contribution in [2.24, 2.45) is 5.92 Å². The smallest absolute Gasteiger partial charge is 0.229 e. The first kappa shape index (κ1) is 14.8. The number of thioether (sulfide) groups is 1. The Morgan fingerprint density at radius 3 is 3.00 bits per heavy atom. The molecule has 2 unspecified atom stereocenters. The molecule has 6 heteroatoms. The highest BCUT2D eigenvalue weighted by molar-refractivity contribution is 7.99. The molecule has 2 fully saturated rings. The van der Waals surface area contributed by atoms with Gasteiger partial charge in [0.25, 0.3) is 0 Å². The number of nitrogens with one attached hydrogen (secondary N) is 2. The average molecular weight is 309 g/mol. The molecule has 0 saturated carbocycles. The molecule has 2 aliphatic rings. The van der Waals surface area contributed by atoms with Crippen LogP contribution in [0.25, 0.3) is 0 Å². The second-order valence-electron chi connectivity index (χ2n) is 5.42. The lowest BCUT2D eigenvalue weighted by Gasteiger charge is -2.26. The summed E-state index contributed by atoms with van der Waals surface area (Å²) in [5, 5.41) is 0. The van der Waals surface area contributed by atoms with Crippen LogP contribution in [0.1, 0.15) is 18.0 Å². The second-order valence-corrected chi connectivity index (χ2v) is 6.65. The minimum Gasteiger partial charge on any atom is -0.341 e. The van der Waals surface area contributed by atoms with Gasteiger partial charge in [0.2, 0.25) is 5.91 Å². The highest BCUT2D eigenvalue weighted by Gasteiger charge is 2.37. The Hall–Kier alpha value is -1.11. The largest absolute Gasteiger partial charge is 0.341 e. The van der Waals surface area contributed by atoms with Crippen LogP contribution in [0.5, 0.6) is 0 Å². The van der Waals surface area contributed by atoms with Gasteiger partial charge in [0, 0.05) is 31.0 Å². The number of hydrogen-bond donors (Lipinski definition) is 2. The Labute approximate surface area is 128 Å². The van der Waals surface area contributed by atoms with Crippen molar-refractivity contribution < 1.29 is 9.18 Å². The molecule has 0 aliphatic carbocycles. The minimum atomic E-state index is -0.297. The summed E-state index contributed by atoms with van der Waals surface area (Å²) in [5.74, 6) is 1.72. The van der Waals surface area contributed by atoms with Crippen molar-refractivity contribution in [3.63, 3.8) is 0 Å². The Kier molecular flexibility index (Phi) is 4.77. The number of amides is 1. The molecule has 0 bridgehead atoms. The second kappa shape index (κ2) is 6.77. The molecule has 0 radical (unpaired) electrons. The first-order chi connectivity index (χ1) is 10.3. The van der Waals surface area contributed by atoms with Gasteiger partial charge in [0.15, 0.2) is 0 Å². The maximum Gasteiger partial charge on any atom is 0.229 e. The maximum atomic E-state index is 14.0. The summed E-state index contributed by atoms with van der Waals surface area (Å²) in [6, 6.07) is 6.37. The zero-order valence-corrected chi connectivity index (χ0v) is 12.7. The van der Waals surface area contributed by atoms with Crippen LogP contribution < -0.4 is 10.9 Å². The van der Waals surface area contributed by atoms with Gasteiger partial charge in [-0.25, -0.2) is 9.82 Å². The van der Waals surface area contributed by atoms with Gasteiger partial charge < -0.3 is 4.90 Å². The summed E-state index contributed by atoms with van der Waals surface area (Å²) >= 11 is 1.89. The van der Waals surface area contributed by atoms with Crippen LogP contribution in [0.2, 0.25) is 0 Å². The Bertz CT molecular complexity index is 505. The van der Waals surface area contributed by atoms with E-state index < -0.39 is 0 Å². The lowest BCUT2D eigenvalue weighted by Crippen LogP contribution is -2.40.